The number of nitrogens with one attached hydrogen (secondary N) is 1. The van der Waals surface area contributed by atoms with E-state index in [1.807, 2.05) is 6.08 Å². The molecule has 66 valence electrons. The molecule has 0 aromatic heterocycles. The first-order chi connectivity index (χ1) is 5.86. The van der Waals surface area contributed by atoms with Crippen LogP contribution in [0.15, 0.2) is 36.5 Å². The van der Waals surface area contributed by atoms with E-state index >= 15 is 0 Å². The lowest BCUT2D eigenvalue weighted by Gasteiger charge is -2.27. The summed E-state index contributed by atoms with van der Waals surface area (Å²) in [6.45, 7) is 8.10. The Kier molecular flexibility index (Phi) is 3.81. The topological polar surface area (TPSA) is 12.0 Å². The molecule has 0 aromatic carbocycles. The molecular formula is C11H17N. The molecule has 0 saturated carbocycles. The van der Waals surface area contributed by atoms with Crippen LogP contribution in [0.5, 0.6) is 0 Å². The van der Waals surface area contributed by atoms with E-state index in [1.54, 1.807) is 0 Å². The van der Waals surface area contributed by atoms with Crippen molar-refractivity contribution in [1.29, 1.82) is 0 Å². The molecular weight excluding hydrogens is 146 g/mol. The summed E-state index contributed by atoms with van der Waals surface area (Å²) in [4.78, 5) is 0. The largest absolute Gasteiger partial charge is 0.316 e. The molecule has 0 aromatic rings. The number of hydrogen-bond acceptors (Lipinski definition) is 1. The van der Waals surface area contributed by atoms with E-state index in [0.717, 1.165) is 5.92 Å². The molecule has 0 radical (unpaired) electrons. The maximum absolute atomic E-state index is 3.71. The highest BCUT2D eigenvalue weighted by Gasteiger charge is 2.16. The Labute approximate surface area is 74.9 Å². The molecule has 1 fully saturated rings. The van der Waals surface area contributed by atoms with Crippen molar-refractivity contribution in [2.24, 2.45) is 5.92 Å². The number of allylic oxidation sites excluding steroid dienone is 5. The molecule has 1 heterocycles. The summed E-state index contributed by atoms with van der Waals surface area (Å²) in [5.41, 5.74) is 1.39. The van der Waals surface area contributed by atoms with Crippen molar-refractivity contribution in [3.8, 4) is 0 Å². The first-order valence-corrected chi connectivity index (χ1v) is 4.52. The normalized spacial score (nSPS) is 19.6. The average molecular weight is 163 g/mol. The monoisotopic (exact) mass is 163 g/mol. The molecule has 0 aliphatic carbocycles. The molecule has 0 atom stereocenters. The Morgan fingerprint density at radius 3 is 2.75 bits per heavy atom. The molecule has 1 heteroatoms. The van der Waals surface area contributed by atoms with E-state index in [0.29, 0.717) is 0 Å². The van der Waals surface area contributed by atoms with Crippen molar-refractivity contribution in [2.75, 3.05) is 13.1 Å². The van der Waals surface area contributed by atoms with E-state index in [4.69, 9.17) is 0 Å². The highest BCUT2D eigenvalue weighted by atomic mass is 14.9. The zero-order valence-corrected chi connectivity index (χ0v) is 7.72. The fourth-order valence-electron chi connectivity index (χ4n) is 1.38. The van der Waals surface area contributed by atoms with E-state index in [9.17, 15) is 0 Å². The second-order valence-electron chi connectivity index (χ2n) is 3.21. The van der Waals surface area contributed by atoms with Crippen LogP contribution in [-0.2, 0) is 0 Å². The summed E-state index contributed by atoms with van der Waals surface area (Å²) in [6, 6.07) is 0. The van der Waals surface area contributed by atoms with Gasteiger partial charge in [0.25, 0.3) is 0 Å². The van der Waals surface area contributed by atoms with Gasteiger partial charge in [0.15, 0.2) is 0 Å². The fraction of sp³-hybridized carbons (Fsp3) is 0.455. The van der Waals surface area contributed by atoms with Crippen LogP contribution in [0.3, 0.4) is 0 Å². The van der Waals surface area contributed by atoms with Crippen LogP contribution < -0.4 is 5.32 Å². The first kappa shape index (κ1) is 9.27. The summed E-state index contributed by atoms with van der Waals surface area (Å²) < 4.78 is 0. The van der Waals surface area contributed by atoms with Crippen molar-refractivity contribution >= 4 is 0 Å². The van der Waals surface area contributed by atoms with E-state index in [2.05, 4.69) is 37.0 Å². The Morgan fingerprint density at radius 2 is 2.33 bits per heavy atom. The zero-order valence-electron chi connectivity index (χ0n) is 7.72. The Morgan fingerprint density at radius 1 is 1.58 bits per heavy atom. The fourth-order valence-corrected chi connectivity index (χ4v) is 1.38. The van der Waals surface area contributed by atoms with Crippen molar-refractivity contribution in [2.45, 2.75) is 13.3 Å². The van der Waals surface area contributed by atoms with E-state index in [1.165, 1.54) is 25.1 Å². The predicted octanol–water partition coefficient (Wildman–Crippen LogP) is 2.28. The van der Waals surface area contributed by atoms with Gasteiger partial charge in [-0.05, 0) is 37.9 Å². The van der Waals surface area contributed by atoms with Crippen LogP contribution in [0.25, 0.3) is 0 Å². The molecule has 0 unspecified atom stereocenters. The second kappa shape index (κ2) is 4.94. The quantitative estimate of drug-likeness (QED) is 0.627. The molecule has 1 saturated heterocycles. The lowest BCUT2D eigenvalue weighted by atomic mass is 9.94. The molecule has 1 nitrogen and oxygen atoms in total. The minimum atomic E-state index is 0.840. The smallest absolute Gasteiger partial charge is 0.000506 e. The molecule has 0 amide bonds. The van der Waals surface area contributed by atoms with Gasteiger partial charge in [-0.25, -0.2) is 0 Å². The van der Waals surface area contributed by atoms with Crippen LogP contribution >= 0.6 is 0 Å². The average Bonchev–Trinajstić information content (AvgIpc) is 1.97. The lowest BCUT2D eigenvalue weighted by Crippen LogP contribution is -2.41. The van der Waals surface area contributed by atoms with Gasteiger partial charge >= 0.3 is 0 Å². The summed E-state index contributed by atoms with van der Waals surface area (Å²) in [6.07, 6.45) is 9.39. The maximum Gasteiger partial charge on any atom is -0.000506 e. The Hall–Kier alpha value is -0.820. The Balaban J connectivity index is 2.41. The number of hydrogen-bond donors (Lipinski definition) is 1. The molecule has 1 N–H and O–H groups in total. The van der Waals surface area contributed by atoms with Gasteiger partial charge in [0.1, 0.15) is 0 Å². The van der Waals surface area contributed by atoms with Crippen LogP contribution in [0.1, 0.15) is 13.3 Å². The second-order valence-corrected chi connectivity index (χ2v) is 3.21. The van der Waals surface area contributed by atoms with Gasteiger partial charge in [0.05, 0.1) is 0 Å². The zero-order chi connectivity index (χ0) is 8.81. The third-order valence-electron chi connectivity index (χ3n) is 2.10. The van der Waals surface area contributed by atoms with Gasteiger partial charge in [0, 0.05) is 0 Å². The molecule has 0 spiro atoms. The van der Waals surface area contributed by atoms with Gasteiger partial charge < -0.3 is 5.32 Å². The lowest BCUT2D eigenvalue weighted by molar-refractivity contribution is 0.348. The Bertz CT molecular complexity index is 197. The minimum absolute atomic E-state index is 0.840. The van der Waals surface area contributed by atoms with Crippen LogP contribution in [-0.4, -0.2) is 13.1 Å². The van der Waals surface area contributed by atoms with E-state index in [-0.39, 0.29) is 0 Å². The van der Waals surface area contributed by atoms with Crippen LogP contribution in [0, 0.1) is 5.92 Å². The molecule has 1 aliphatic heterocycles. The van der Waals surface area contributed by atoms with Gasteiger partial charge in [-0.1, -0.05) is 30.9 Å². The van der Waals surface area contributed by atoms with Crippen LogP contribution in [0.2, 0.25) is 0 Å². The minimum Gasteiger partial charge on any atom is -0.316 e. The molecule has 1 aliphatic rings. The van der Waals surface area contributed by atoms with E-state index < -0.39 is 0 Å². The molecule has 12 heavy (non-hydrogen) atoms. The molecule has 1 rings (SSSR count). The highest BCUT2D eigenvalue weighted by Crippen LogP contribution is 2.16. The summed E-state index contributed by atoms with van der Waals surface area (Å²) in [5.74, 6) is 0.840. The number of rotatable bonds is 4. The summed E-state index contributed by atoms with van der Waals surface area (Å²) in [7, 11) is 0. The van der Waals surface area contributed by atoms with Crippen molar-refractivity contribution in [3.63, 3.8) is 0 Å². The standard InChI is InChI=1S/C11H17N/c1-3-5-10(6-4-2)7-11-8-12-9-11/h3-6,11-12H,1,7-9H2,2H3/b6-4-,10-5+. The maximum atomic E-state index is 3.71. The third kappa shape index (κ3) is 2.67. The van der Waals surface area contributed by atoms with Gasteiger partial charge in [-0.15, -0.1) is 0 Å². The van der Waals surface area contributed by atoms with Gasteiger partial charge in [0.2, 0.25) is 0 Å². The summed E-state index contributed by atoms with van der Waals surface area (Å²) in [5, 5.41) is 3.27. The third-order valence-corrected chi connectivity index (χ3v) is 2.10. The SMILES string of the molecule is C=C/C=C(\C=C/C)CC1CNC1. The molecule has 0 bridgehead atoms. The van der Waals surface area contributed by atoms with Gasteiger partial charge in [-0.3, -0.25) is 0 Å². The van der Waals surface area contributed by atoms with Crippen molar-refractivity contribution in [1.82, 2.24) is 5.32 Å². The predicted molar refractivity (Wildman–Crippen MR) is 54.1 cm³/mol. The van der Waals surface area contributed by atoms with Gasteiger partial charge in [-0.2, -0.15) is 0 Å². The highest BCUT2D eigenvalue weighted by molar-refractivity contribution is 5.23. The van der Waals surface area contributed by atoms with Crippen LogP contribution in [0.4, 0.5) is 0 Å². The van der Waals surface area contributed by atoms with Crippen molar-refractivity contribution < 1.29 is 0 Å². The summed E-state index contributed by atoms with van der Waals surface area (Å²) >= 11 is 0. The first-order valence-electron chi connectivity index (χ1n) is 4.52. The van der Waals surface area contributed by atoms with Crippen molar-refractivity contribution in [3.05, 3.63) is 36.5 Å².